The molecule has 316 valence electrons. The third-order valence-corrected chi connectivity index (χ3v) is 15.0. The molecule has 59 heavy (non-hydrogen) atoms. The number of sulfone groups is 1. The van der Waals surface area contributed by atoms with E-state index in [9.17, 15) is 27.6 Å². The average molecular weight is 931 g/mol. The summed E-state index contributed by atoms with van der Waals surface area (Å²) in [6.07, 6.45) is 2.90. The van der Waals surface area contributed by atoms with Gasteiger partial charge in [-0.3, -0.25) is 19.2 Å². The largest absolute Gasteiger partial charge is 0.370 e. The zero-order chi connectivity index (χ0) is 42.4. The van der Waals surface area contributed by atoms with E-state index >= 15 is 0 Å². The van der Waals surface area contributed by atoms with Crippen molar-refractivity contribution >= 4 is 100.0 Å². The number of para-hydroxylation sites is 4. The fourth-order valence-electron chi connectivity index (χ4n) is 7.46. The lowest BCUT2D eigenvalue weighted by Crippen LogP contribution is -2.59. The number of nitrogens with zero attached hydrogens (tertiary/aromatic N) is 4. The highest BCUT2D eigenvalue weighted by atomic mass is 79.9. The second-order valence-corrected chi connectivity index (χ2v) is 19.8. The van der Waals surface area contributed by atoms with Gasteiger partial charge in [-0.2, -0.15) is 0 Å². The summed E-state index contributed by atoms with van der Waals surface area (Å²) >= 11 is 5.91. The smallest absolute Gasteiger partial charge is 0.275 e. The van der Waals surface area contributed by atoms with Crippen LogP contribution in [-0.2, 0) is 19.4 Å². The minimum absolute atomic E-state index is 0.0852. The van der Waals surface area contributed by atoms with Gasteiger partial charge in [-0.25, -0.2) is 18.4 Å². The molecule has 3 aliphatic heterocycles. The first-order chi connectivity index (χ1) is 28.2. The van der Waals surface area contributed by atoms with Crippen LogP contribution in [0.1, 0.15) is 53.1 Å². The summed E-state index contributed by atoms with van der Waals surface area (Å²) in [5, 5.41) is 19.0. The van der Waals surface area contributed by atoms with Crippen molar-refractivity contribution < 1.29 is 27.6 Å². The molecule has 0 bridgehead atoms. The number of hydrogen-bond donors (Lipinski definition) is 7. The first kappa shape index (κ1) is 43.9. The van der Waals surface area contributed by atoms with Crippen molar-refractivity contribution in [2.45, 2.75) is 49.2 Å². The van der Waals surface area contributed by atoms with E-state index in [0.29, 0.717) is 78.7 Å². The predicted octanol–water partition coefficient (Wildman–Crippen LogP) is 3.24. The topological polar surface area (TPSA) is 247 Å². The summed E-state index contributed by atoms with van der Waals surface area (Å²) in [4.78, 5) is 61.8. The van der Waals surface area contributed by atoms with E-state index in [1.54, 1.807) is 24.9 Å². The van der Waals surface area contributed by atoms with Gasteiger partial charge in [0, 0.05) is 43.0 Å². The Morgan fingerprint density at radius 1 is 0.746 bits per heavy atom. The zero-order valence-corrected chi connectivity index (χ0v) is 36.7. The number of carbonyl (C=O) groups excluding carboxylic acids is 4. The molecule has 2 aromatic heterocycles. The van der Waals surface area contributed by atoms with Crippen LogP contribution < -0.4 is 47.9 Å². The summed E-state index contributed by atoms with van der Waals surface area (Å²) in [6.45, 7) is 2.56. The van der Waals surface area contributed by atoms with E-state index < -0.39 is 20.9 Å². The Labute approximate surface area is 359 Å². The van der Waals surface area contributed by atoms with Crippen LogP contribution in [0.25, 0.3) is 0 Å². The number of nitrogens with two attached hydrogens (primary N) is 2. The highest BCUT2D eigenvalue weighted by Crippen LogP contribution is 2.33. The molecule has 7 rings (SSSR count). The second-order valence-electron chi connectivity index (χ2n) is 14.6. The van der Waals surface area contributed by atoms with Crippen LogP contribution in [0.4, 0.5) is 27.9 Å². The SMILES string of the molecule is CNC1(C(N)=O)CCN(c2ccccc2NC(=O)c2csc(Br)n2)CC1.CNC1(C(N)=O)CCN(c2ccccc2NC(=O)c2csc(NC3CCS(=O)(=O)C3)n2)CC1. The van der Waals surface area contributed by atoms with Crippen molar-refractivity contribution in [3.8, 4) is 0 Å². The third kappa shape index (κ3) is 10.4. The molecule has 5 heterocycles. The quantitative estimate of drug-likeness (QED) is 0.108. The molecule has 0 saturated carbocycles. The normalized spacial score (nSPS) is 19.2. The zero-order valence-electron chi connectivity index (χ0n) is 32.6. The number of rotatable bonds is 12. The standard InChI is InChI=1S/C21H28N6O4S2.C17H20BrN5O2S/c1-23-21(19(22)29)7-9-27(10-8-21)17-5-3-2-4-15(17)25-18(28)16-12-32-20(26-16)24-14-6-11-33(30,31)13-14;1-20-17(15(19)25)6-8-23(9-7-17)13-5-3-2-4-11(13)21-14(24)12-10-26-16(18)22-12/h2-5,12,14,23H,6-11,13H2,1H3,(H2,22,29)(H,24,26)(H,25,28);2-5,10,20H,6-9H2,1H3,(H2,19,25)(H,21,24). The number of halogens is 1. The van der Waals surface area contributed by atoms with Gasteiger partial charge in [0.05, 0.1) is 34.3 Å². The number of carbonyl (C=O) groups is 4. The minimum Gasteiger partial charge on any atom is -0.370 e. The number of primary amides is 2. The summed E-state index contributed by atoms with van der Waals surface area (Å²) in [5.74, 6) is -1.01. The molecule has 21 heteroatoms. The maximum atomic E-state index is 12.9. The summed E-state index contributed by atoms with van der Waals surface area (Å²) in [7, 11) is 0.517. The number of likely N-dealkylation sites (N-methyl/N-ethyl adjacent to an activating group) is 2. The molecule has 3 fully saturated rings. The summed E-state index contributed by atoms with van der Waals surface area (Å²) < 4.78 is 24.0. The average Bonchev–Trinajstić information content (AvgIpc) is 3.98. The minimum atomic E-state index is -2.99. The maximum absolute atomic E-state index is 12.9. The molecule has 1 atom stereocenters. The van der Waals surface area contributed by atoms with Crippen LogP contribution in [0.15, 0.2) is 63.2 Å². The Kier molecular flexibility index (Phi) is 13.9. The molecule has 0 radical (unpaired) electrons. The van der Waals surface area contributed by atoms with Gasteiger partial charge in [-0.15, -0.1) is 22.7 Å². The number of thiazole rings is 2. The Hall–Kier alpha value is -4.67. The molecular formula is C38H48BrN11O6S3. The molecule has 17 nitrogen and oxygen atoms in total. The van der Waals surface area contributed by atoms with Crippen LogP contribution >= 0.6 is 38.6 Å². The molecule has 0 spiro atoms. The molecule has 3 saturated heterocycles. The highest BCUT2D eigenvalue weighted by Gasteiger charge is 2.40. The third-order valence-electron chi connectivity index (χ3n) is 11.1. The molecule has 4 aromatic rings. The van der Waals surface area contributed by atoms with Crippen molar-refractivity contribution in [1.82, 2.24) is 20.6 Å². The van der Waals surface area contributed by atoms with Gasteiger partial charge < -0.3 is 47.9 Å². The van der Waals surface area contributed by atoms with E-state index in [1.807, 2.05) is 48.5 Å². The predicted molar refractivity (Wildman–Crippen MR) is 236 cm³/mol. The summed E-state index contributed by atoms with van der Waals surface area (Å²) in [5.41, 5.74) is 13.6. The second kappa shape index (κ2) is 18.7. The Morgan fingerprint density at radius 2 is 1.20 bits per heavy atom. The Bertz CT molecular complexity index is 2270. The number of nitrogens with one attached hydrogen (secondary N) is 5. The van der Waals surface area contributed by atoms with Gasteiger partial charge in [0.25, 0.3) is 11.8 Å². The fraction of sp³-hybridized carbons (Fsp3) is 0.421. The van der Waals surface area contributed by atoms with Crippen molar-refractivity contribution in [3.63, 3.8) is 0 Å². The van der Waals surface area contributed by atoms with E-state index in [1.165, 1.54) is 22.7 Å². The number of hydrogen-bond acceptors (Lipinski definition) is 15. The monoisotopic (exact) mass is 929 g/mol. The van der Waals surface area contributed by atoms with E-state index in [4.69, 9.17) is 11.5 Å². The molecule has 4 amide bonds. The van der Waals surface area contributed by atoms with Gasteiger partial charge >= 0.3 is 0 Å². The number of benzene rings is 2. The Balaban J connectivity index is 0.000000204. The molecule has 0 aliphatic carbocycles. The van der Waals surface area contributed by atoms with Crippen LogP contribution in [0.3, 0.4) is 0 Å². The molecule has 1 unspecified atom stereocenters. The van der Waals surface area contributed by atoms with Crippen molar-refractivity contribution in [1.29, 1.82) is 0 Å². The molecule has 2 aromatic carbocycles. The fourth-order valence-corrected chi connectivity index (χ4v) is 10.9. The van der Waals surface area contributed by atoms with Crippen molar-refractivity contribution in [2.24, 2.45) is 11.5 Å². The lowest BCUT2D eigenvalue weighted by Gasteiger charge is -2.41. The summed E-state index contributed by atoms with van der Waals surface area (Å²) in [6, 6.07) is 15.0. The van der Waals surface area contributed by atoms with Crippen LogP contribution in [0.5, 0.6) is 0 Å². The lowest BCUT2D eigenvalue weighted by molar-refractivity contribution is -0.125. The van der Waals surface area contributed by atoms with E-state index in [-0.39, 0.29) is 46.9 Å². The number of anilines is 5. The lowest BCUT2D eigenvalue weighted by atomic mass is 9.86. The van der Waals surface area contributed by atoms with Gasteiger partial charge in [-0.1, -0.05) is 24.3 Å². The van der Waals surface area contributed by atoms with E-state index in [0.717, 1.165) is 17.1 Å². The maximum Gasteiger partial charge on any atom is 0.275 e. The van der Waals surface area contributed by atoms with Crippen molar-refractivity contribution in [2.75, 3.05) is 77.5 Å². The van der Waals surface area contributed by atoms with Crippen molar-refractivity contribution in [3.05, 3.63) is 74.6 Å². The molecular weight excluding hydrogens is 883 g/mol. The highest BCUT2D eigenvalue weighted by molar-refractivity contribution is 9.11. The first-order valence-electron chi connectivity index (χ1n) is 19.0. The van der Waals surface area contributed by atoms with Gasteiger partial charge in [0.1, 0.15) is 22.5 Å². The number of piperidine rings is 2. The van der Waals surface area contributed by atoms with Gasteiger partial charge in [0.15, 0.2) is 18.9 Å². The van der Waals surface area contributed by atoms with Gasteiger partial charge in [-0.05, 0) is 86.4 Å². The van der Waals surface area contributed by atoms with Gasteiger partial charge in [0.2, 0.25) is 11.8 Å². The van der Waals surface area contributed by atoms with Crippen LogP contribution in [-0.4, -0.2) is 111 Å². The molecule has 9 N–H and O–H groups in total. The molecule has 3 aliphatic rings. The Morgan fingerprint density at radius 3 is 1.61 bits per heavy atom. The van der Waals surface area contributed by atoms with E-state index in [2.05, 4.69) is 62.3 Å². The number of aromatic nitrogens is 2. The first-order valence-corrected chi connectivity index (χ1v) is 23.4. The van der Waals surface area contributed by atoms with Crippen LogP contribution in [0, 0.1) is 0 Å². The van der Waals surface area contributed by atoms with Crippen LogP contribution in [0.2, 0.25) is 0 Å². The number of amides is 4.